The van der Waals surface area contributed by atoms with Crippen molar-refractivity contribution in [2.45, 2.75) is 52.2 Å². The summed E-state index contributed by atoms with van der Waals surface area (Å²) in [5.74, 6) is -0.755. The summed E-state index contributed by atoms with van der Waals surface area (Å²) in [5.41, 5.74) is 2.12. The Labute approximate surface area is 127 Å². The van der Waals surface area contributed by atoms with Gasteiger partial charge < -0.3 is 15.5 Å². The minimum absolute atomic E-state index is 0.0727. The van der Waals surface area contributed by atoms with Gasteiger partial charge in [0.25, 0.3) is 0 Å². The molecule has 0 aliphatic heterocycles. The van der Waals surface area contributed by atoms with E-state index < -0.39 is 18.1 Å². The molecule has 1 aromatic rings. The van der Waals surface area contributed by atoms with Crippen molar-refractivity contribution in [1.82, 2.24) is 5.32 Å². The zero-order valence-corrected chi connectivity index (χ0v) is 13.2. The highest BCUT2D eigenvalue weighted by Gasteiger charge is 2.22. The standard InChI is InChI=1S/C17H27NO3/c1-4-12(3)16(17(20)21)18-11-10-15(19)14-8-6-13(5-2)7-9-14/h6-9,12,15-16,18-19H,4-5,10-11H2,1-3H3,(H,20,21). The van der Waals surface area contributed by atoms with E-state index in [1.165, 1.54) is 5.56 Å². The van der Waals surface area contributed by atoms with Gasteiger partial charge in [0.15, 0.2) is 0 Å². The topological polar surface area (TPSA) is 69.6 Å². The third-order valence-electron chi connectivity index (χ3n) is 4.03. The van der Waals surface area contributed by atoms with Crippen molar-refractivity contribution < 1.29 is 15.0 Å². The zero-order chi connectivity index (χ0) is 15.8. The van der Waals surface area contributed by atoms with Crippen molar-refractivity contribution in [2.75, 3.05) is 6.54 Å². The third-order valence-corrected chi connectivity index (χ3v) is 4.03. The molecule has 0 heterocycles. The molecule has 4 nitrogen and oxygen atoms in total. The Morgan fingerprint density at radius 1 is 1.24 bits per heavy atom. The van der Waals surface area contributed by atoms with Crippen molar-refractivity contribution in [1.29, 1.82) is 0 Å². The second-order valence-corrected chi connectivity index (χ2v) is 5.56. The summed E-state index contributed by atoms with van der Waals surface area (Å²) < 4.78 is 0. The normalized spacial score (nSPS) is 15.4. The lowest BCUT2D eigenvalue weighted by molar-refractivity contribution is -0.140. The van der Waals surface area contributed by atoms with Crippen molar-refractivity contribution >= 4 is 5.97 Å². The van der Waals surface area contributed by atoms with Crippen LogP contribution in [0.25, 0.3) is 0 Å². The molecule has 4 heteroatoms. The van der Waals surface area contributed by atoms with Crippen LogP contribution in [-0.4, -0.2) is 28.8 Å². The molecule has 118 valence electrons. The van der Waals surface area contributed by atoms with Gasteiger partial charge in [0.05, 0.1) is 6.10 Å². The van der Waals surface area contributed by atoms with Gasteiger partial charge in [0.2, 0.25) is 0 Å². The first-order chi connectivity index (χ1) is 9.99. The number of carboxylic acids is 1. The second-order valence-electron chi connectivity index (χ2n) is 5.56. The van der Waals surface area contributed by atoms with E-state index in [9.17, 15) is 15.0 Å². The quantitative estimate of drug-likeness (QED) is 0.655. The number of hydrogen-bond donors (Lipinski definition) is 3. The fourth-order valence-corrected chi connectivity index (χ4v) is 2.29. The van der Waals surface area contributed by atoms with Gasteiger partial charge in [0, 0.05) is 0 Å². The van der Waals surface area contributed by atoms with Crippen LogP contribution in [0.1, 0.15) is 50.8 Å². The van der Waals surface area contributed by atoms with E-state index in [-0.39, 0.29) is 5.92 Å². The molecule has 21 heavy (non-hydrogen) atoms. The minimum atomic E-state index is -0.828. The highest BCUT2D eigenvalue weighted by molar-refractivity contribution is 5.73. The van der Waals surface area contributed by atoms with Crippen molar-refractivity contribution in [3.63, 3.8) is 0 Å². The number of aliphatic hydroxyl groups excluding tert-OH is 1. The van der Waals surface area contributed by atoms with E-state index in [4.69, 9.17) is 0 Å². The van der Waals surface area contributed by atoms with Gasteiger partial charge in [-0.25, -0.2) is 0 Å². The maximum absolute atomic E-state index is 11.2. The Balaban J connectivity index is 2.47. The van der Waals surface area contributed by atoms with E-state index in [0.717, 1.165) is 18.4 Å². The van der Waals surface area contributed by atoms with E-state index in [2.05, 4.69) is 12.2 Å². The van der Waals surface area contributed by atoms with E-state index >= 15 is 0 Å². The smallest absolute Gasteiger partial charge is 0.320 e. The number of aliphatic hydroxyl groups is 1. The zero-order valence-electron chi connectivity index (χ0n) is 13.2. The van der Waals surface area contributed by atoms with E-state index in [1.54, 1.807) is 0 Å². The number of aryl methyl sites for hydroxylation is 1. The van der Waals surface area contributed by atoms with Crippen LogP contribution >= 0.6 is 0 Å². The molecule has 0 radical (unpaired) electrons. The van der Waals surface area contributed by atoms with Gasteiger partial charge in [-0.3, -0.25) is 4.79 Å². The van der Waals surface area contributed by atoms with Crippen LogP contribution in [0.4, 0.5) is 0 Å². The summed E-state index contributed by atoms with van der Waals surface area (Å²) in [6.45, 7) is 6.48. The van der Waals surface area contributed by atoms with Crippen molar-refractivity contribution in [3.8, 4) is 0 Å². The summed E-state index contributed by atoms with van der Waals surface area (Å²) in [4.78, 5) is 11.2. The van der Waals surface area contributed by atoms with Gasteiger partial charge in [-0.1, -0.05) is 51.5 Å². The molecule has 0 aliphatic carbocycles. The molecule has 3 atom stereocenters. The molecule has 1 aromatic carbocycles. The number of benzene rings is 1. The van der Waals surface area contributed by atoms with Gasteiger partial charge in [-0.15, -0.1) is 0 Å². The average molecular weight is 293 g/mol. The number of nitrogens with one attached hydrogen (secondary N) is 1. The second kappa shape index (κ2) is 8.80. The Hall–Kier alpha value is -1.39. The first-order valence-corrected chi connectivity index (χ1v) is 7.72. The lowest BCUT2D eigenvalue weighted by Gasteiger charge is -2.21. The Kier molecular flexibility index (Phi) is 7.40. The van der Waals surface area contributed by atoms with Gasteiger partial charge in [-0.05, 0) is 36.4 Å². The first-order valence-electron chi connectivity index (χ1n) is 7.72. The summed E-state index contributed by atoms with van der Waals surface area (Å²) in [5, 5.41) is 22.4. The number of aliphatic carboxylic acids is 1. The molecule has 0 spiro atoms. The van der Waals surface area contributed by atoms with Gasteiger partial charge in [-0.2, -0.15) is 0 Å². The molecule has 0 bridgehead atoms. The van der Waals surface area contributed by atoms with Gasteiger partial charge in [0.1, 0.15) is 6.04 Å². The molecule has 0 saturated heterocycles. The number of rotatable bonds is 9. The van der Waals surface area contributed by atoms with E-state index in [0.29, 0.717) is 13.0 Å². The Morgan fingerprint density at radius 2 is 1.86 bits per heavy atom. The number of carbonyl (C=O) groups is 1. The third kappa shape index (κ3) is 5.48. The summed E-state index contributed by atoms with van der Waals surface area (Å²) in [7, 11) is 0. The molecule has 0 aliphatic rings. The molecule has 3 unspecified atom stereocenters. The van der Waals surface area contributed by atoms with Crippen molar-refractivity contribution in [2.24, 2.45) is 5.92 Å². The molecule has 0 aromatic heterocycles. The van der Waals surface area contributed by atoms with E-state index in [1.807, 2.05) is 38.1 Å². The molecule has 0 amide bonds. The Bertz CT molecular complexity index is 430. The van der Waals surface area contributed by atoms with Crippen LogP contribution in [0.2, 0.25) is 0 Å². The van der Waals surface area contributed by atoms with Crippen LogP contribution in [0.15, 0.2) is 24.3 Å². The Morgan fingerprint density at radius 3 is 2.33 bits per heavy atom. The maximum Gasteiger partial charge on any atom is 0.320 e. The minimum Gasteiger partial charge on any atom is -0.480 e. The predicted octanol–water partition coefficient (Wildman–Crippen LogP) is 2.76. The highest BCUT2D eigenvalue weighted by atomic mass is 16.4. The number of carboxylic acid groups (broad SMARTS) is 1. The fraction of sp³-hybridized carbons (Fsp3) is 0.588. The molecular weight excluding hydrogens is 266 g/mol. The average Bonchev–Trinajstić information content (AvgIpc) is 2.50. The SMILES string of the molecule is CCc1ccc(C(O)CCNC(C(=O)O)C(C)CC)cc1. The number of hydrogen-bond acceptors (Lipinski definition) is 3. The lowest BCUT2D eigenvalue weighted by atomic mass is 9.98. The van der Waals surface area contributed by atoms with Crippen molar-refractivity contribution in [3.05, 3.63) is 35.4 Å². The van der Waals surface area contributed by atoms with Gasteiger partial charge >= 0.3 is 5.97 Å². The van der Waals surface area contributed by atoms with Crippen LogP contribution in [-0.2, 0) is 11.2 Å². The summed E-state index contributed by atoms with van der Waals surface area (Å²) >= 11 is 0. The fourth-order valence-electron chi connectivity index (χ4n) is 2.29. The van der Waals surface area contributed by atoms with Crippen LogP contribution in [0.5, 0.6) is 0 Å². The van der Waals surface area contributed by atoms with Crippen LogP contribution < -0.4 is 5.32 Å². The molecule has 1 rings (SSSR count). The summed E-state index contributed by atoms with van der Waals surface area (Å²) in [6, 6.07) is 7.36. The molecule has 3 N–H and O–H groups in total. The summed E-state index contributed by atoms with van der Waals surface area (Å²) in [6.07, 6.45) is 1.74. The molecule has 0 saturated carbocycles. The van der Waals surface area contributed by atoms with Crippen LogP contribution in [0.3, 0.4) is 0 Å². The lowest BCUT2D eigenvalue weighted by Crippen LogP contribution is -2.42. The first kappa shape index (κ1) is 17.7. The largest absolute Gasteiger partial charge is 0.480 e. The molecular formula is C17H27NO3. The van der Waals surface area contributed by atoms with Crippen LogP contribution in [0, 0.1) is 5.92 Å². The highest BCUT2D eigenvalue weighted by Crippen LogP contribution is 2.17. The molecule has 0 fully saturated rings. The monoisotopic (exact) mass is 293 g/mol. The predicted molar refractivity (Wildman–Crippen MR) is 84.3 cm³/mol. The maximum atomic E-state index is 11.2.